The van der Waals surface area contributed by atoms with Crippen molar-refractivity contribution in [3.8, 4) is 0 Å². The number of amidine groups is 2. The molecule has 5 rings (SSSR count). The van der Waals surface area contributed by atoms with Gasteiger partial charge in [-0.25, -0.2) is 0 Å². The Morgan fingerprint density at radius 2 is 0.750 bits per heavy atom. The summed E-state index contributed by atoms with van der Waals surface area (Å²) in [6, 6.07) is 26.9. The van der Waals surface area contributed by atoms with E-state index in [9.17, 15) is 26.3 Å². The van der Waals surface area contributed by atoms with Crippen molar-refractivity contribution in [1.82, 2.24) is 0 Å². The van der Waals surface area contributed by atoms with E-state index in [1.165, 1.54) is 24.3 Å². The van der Waals surface area contributed by atoms with Crippen molar-refractivity contribution in [2.75, 3.05) is 0 Å². The fourth-order valence-electron chi connectivity index (χ4n) is 3.52. The minimum Gasteiger partial charge on any atom is -0.180 e. The first-order valence-corrected chi connectivity index (χ1v) is 13.9. The third kappa shape index (κ3) is 6.45. The van der Waals surface area contributed by atoms with Crippen LogP contribution in [-0.4, -0.2) is 11.7 Å². The smallest absolute Gasteiger partial charge is 0.180 e. The van der Waals surface area contributed by atoms with Gasteiger partial charge in [0, 0.05) is 20.9 Å². The van der Waals surface area contributed by atoms with Crippen LogP contribution in [0.3, 0.4) is 0 Å². The summed E-state index contributed by atoms with van der Waals surface area (Å²) >= 11 is 0. The minimum atomic E-state index is -4.50. The topological polar surface area (TPSA) is 49.4 Å². The maximum absolute atomic E-state index is 13.2. The van der Waals surface area contributed by atoms with Gasteiger partial charge in [0.1, 0.15) is 0 Å². The summed E-state index contributed by atoms with van der Waals surface area (Å²) in [5.41, 5.74) is -0.922. The summed E-state index contributed by atoms with van der Waals surface area (Å²) in [4.78, 5) is 1.34. The highest BCUT2D eigenvalue weighted by Gasteiger charge is 2.31. The molecule has 0 N–H and O–H groups in total. The summed E-state index contributed by atoms with van der Waals surface area (Å²) < 4.78 is 98.2. The van der Waals surface area contributed by atoms with Gasteiger partial charge in [-0.05, 0) is 48.5 Å². The lowest BCUT2D eigenvalue weighted by Crippen LogP contribution is -2.11. The summed E-state index contributed by atoms with van der Waals surface area (Å²) in [5, 5.41) is 0. The Kier molecular flexibility index (Phi) is 7.81. The molecule has 2 unspecified atom stereocenters. The molecule has 40 heavy (non-hydrogen) atoms. The normalized spacial score (nSPS) is 21.4. The second-order valence-electron chi connectivity index (χ2n) is 8.32. The Balaban J connectivity index is 1.70. The Morgan fingerprint density at radius 1 is 0.425 bits per heavy atom. The zero-order chi connectivity index (χ0) is 28.3. The van der Waals surface area contributed by atoms with E-state index in [-0.39, 0.29) is 11.7 Å². The highest BCUT2D eigenvalue weighted by atomic mass is 32.2. The highest BCUT2D eigenvalue weighted by molar-refractivity contribution is 7.88. The van der Waals surface area contributed by atoms with Gasteiger partial charge >= 0.3 is 12.4 Å². The molecule has 1 aliphatic heterocycles. The molecule has 0 spiro atoms. The van der Waals surface area contributed by atoms with E-state index in [0.29, 0.717) is 20.9 Å². The SMILES string of the molecule is FC(F)(F)c1ccc(C2=N/S(c3ccccc3)=N\C(c3ccc(C(F)(F)F)cc3)=N/S(c3ccccc3)=N\2)cc1. The van der Waals surface area contributed by atoms with Crippen molar-refractivity contribution in [2.24, 2.45) is 17.5 Å². The Hall–Kier alpha value is -3.90. The molecular formula is C28H18F6N4S2. The fraction of sp³-hybridized carbons (Fsp3) is 0.0714. The number of hydrogen-bond donors (Lipinski definition) is 0. The Morgan fingerprint density at radius 3 is 1.05 bits per heavy atom. The lowest BCUT2D eigenvalue weighted by atomic mass is 10.1. The minimum absolute atomic E-state index is 0.159. The van der Waals surface area contributed by atoms with Crippen LogP contribution in [0, 0.1) is 0 Å². The Bertz CT molecular complexity index is 1500. The van der Waals surface area contributed by atoms with Crippen LogP contribution in [-0.2, 0) is 34.1 Å². The van der Waals surface area contributed by atoms with Crippen LogP contribution >= 0.6 is 0 Å². The number of halogens is 6. The molecule has 12 heteroatoms. The molecule has 204 valence electrons. The predicted octanol–water partition coefficient (Wildman–Crippen LogP) is 8.48. The van der Waals surface area contributed by atoms with Crippen molar-refractivity contribution >= 4 is 33.4 Å². The van der Waals surface area contributed by atoms with E-state index >= 15 is 0 Å². The number of nitrogens with zero attached hydrogens (tertiary/aromatic N) is 4. The first kappa shape index (κ1) is 27.7. The number of benzene rings is 4. The van der Waals surface area contributed by atoms with Crippen molar-refractivity contribution in [3.63, 3.8) is 0 Å². The van der Waals surface area contributed by atoms with Gasteiger partial charge in [0.05, 0.1) is 32.9 Å². The van der Waals surface area contributed by atoms with Gasteiger partial charge in [-0.15, -0.1) is 0 Å². The molecule has 4 nitrogen and oxygen atoms in total. The van der Waals surface area contributed by atoms with Crippen LogP contribution in [0.15, 0.2) is 137 Å². The standard InChI is InChI=1S/C28H18F6N4S2/c29-27(30,31)21-15-11-19(12-16-21)25-35-39(23-7-3-1-4-8-23)36-26(20-13-17-22(18-14-20)28(32,33)34)38-40(37-25)24-9-5-2-6-10-24/h1-18H/b35-25-,36-26?,37-25?,38-26-. The molecule has 4 aromatic carbocycles. The third-order valence-electron chi connectivity index (χ3n) is 5.54. The van der Waals surface area contributed by atoms with E-state index in [4.69, 9.17) is 17.5 Å². The monoisotopic (exact) mass is 588 g/mol. The van der Waals surface area contributed by atoms with Crippen molar-refractivity contribution in [2.45, 2.75) is 22.1 Å². The van der Waals surface area contributed by atoms with Gasteiger partial charge in [-0.2, -0.15) is 43.9 Å². The molecule has 0 bridgehead atoms. The van der Waals surface area contributed by atoms with Crippen LogP contribution in [0.25, 0.3) is 0 Å². The van der Waals surface area contributed by atoms with E-state index in [0.717, 1.165) is 24.3 Å². The maximum atomic E-state index is 13.2. The molecule has 0 radical (unpaired) electrons. The van der Waals surface area contributed by atoms with Crippen molar-refractivity contribution < 1.29 is 26.3 Å². The van der Waals surface area contributed by atoms with E-state index in [1.807, 2.05) is 0 Å². The largest absolute Gasteiger partial charge is 0.416 e. The summed E-state index contributed by atoms with van der Waals surface area (Å²) in [5.74, 6) is 0.319. The maximum Gasteiger partial charge on any atom is 0.416 e. The first-order chi connectivity index (χ1) is 19.1. The molecule has 0 saturated heterocycles. The van der Waals surface area contributed by atoms with E-state index in [1.54, 1.807) is 60.7 Å². The molecule has 0 aliphatic carbocycles. The fourth-order valence-corrected chi connectivity index (χ4v) is 6.17. The number of alkyl halides is 6. The first-order valence-electron chi connectivity index (χ1n) is 11.6. The Labute approximate surface area is 230 Å². The summed E-state index contributed by atoms with van der Waals surface area (Å²) in [6.45, 7) is 0. The molecule has 0 fully saturated rings. The molecule has 4 aromatic rings. The molecule has 1 heterocycles. The highest BCUT2D eigenvalue weighted by Crippen LogP contribution is 2.31. The zero-order valence-electron chi connectivity index (χ0n) is 20.3. The van der Waals surface area contributed by atoms with Gasteiger partial charge in [-0.1, -0.05) is 60.7 Å². The summed E-state index contributed by atoms with van der Waals surface area (Å²) in [7, 11) is -2.53. The van der Waals surface area contributed by atoms with Gasteiger partial charge in [0.2, 0.25) is 0 Å². The van der Waals surface area contributed by atoms with Crippen LogP contribution < -0.4 is 0 Å². The second kappa shape index (κ2) is 11.3. The third-order valence-corrected chi connectivity index (χ3v) is 8.31. The van der Waals surface area contributed by atoms with Crippen molar-refractivity contribution in [1.29, 1.82) is 0 Å². The number of rotatable bonds is 4. The molecule has 0 amide bonds. The van der Waals surface area contributed by atoms with Crippen LogP contribution in [0.5, 0.6) is 0 Å². The van der Waals surface area contributed by atoms with Gasteiger partial charge < -0.3 is 0 Å². The molecule has 0 saturated carbocycles. The lowest BCUT2D eigenvalue weighted by Gasteiger charge is -2.14. The average molecular weight is 589 g/mol. The van der Waals surface area contributed by atoms with Gasteiger partial charge in [-0.3, -0.25) is 0 Å². The van der Waals surface area contributed by atoms with Crippen LogP contribution in [0.1, 0.15) is 22.3 Å². The summed E-state index contributed by atoms with van der Waals surface area (Å²) in [6.07, 6.45) is -9.01. The molecule has 2 atom stereocenters. The van der Waals surface area contributed by atoms with Crippen molar-refractivity contribution in [3.05, 3.63) is 131 Å². The average Bonchev–Trinajstić information content (AvgIpc) is 2.93. The zero-order valence-corrected chi connectivity index (χ0v) is 21.9. The predicted molar refractivity (Wildman–Crippen MR) is 145 cm³/mol. The van der Waals surface area contributed by atoms with Crippen LogP contribution in [0.2, 0.25) is 0 Å². The van der Waals surface area contributed by atoms with Gasteiger partial charge in [0.15, 0.2) is 11.7 Å². The number of hydrogen-bond acceptors (Lipinski definition) is 4. The van der Waals surface area contributed by atoms with Gasteiger partial charge in [0.25, 0.3) is 0 Å². The van der Waals surface area contributed by atoms with E-state index in [2.05, 4.69) is 0 Å². The second-order valence-corrected chi connectivity index (χ2v) is 11.0. The quantitative estimate of drug-likeness (QED) is 0.215. The molecular weight excluding hydrogens is 570 g/mol. The molecule has 1 aliphatic rings. The lowest BCUT2D eigenvalue weighted by molar-refractivity contribution is -0.138. The van der Waals surface area contributed by atoms with Crippen LogP contribution in [0.4, 0.5) is 26.3 Å². The van der Waals surface area contributed by atoms with E-state index < -0.39 is 45.2 Å². The molecule has 0 aromatic heterocycles.